The Hall–Kier alpha value is -19.1. The summed E-state index contributed by atoms with van der Waals surface area (Å²) in [5.41, 5.74) is 22.5. The van der Waals surface area contributed by atoms with Crippen LogP contribution in [-0.2, 0) is 0 Å². The van der Waals surface area contributed by atoms with E-state index in [4.69, 9.17) is 34.3 Å². The quantitative estimate of drug-likeness (QED) is 0.149. The summed E-state index contributed by atoms with van der Waals surface area (Å²) in [6.45, 7) is 0. The van der Waals surface area contributed by atoms with E-state index in [1.807, 2.05) is 18.2 Å². The number of hydrogen-bond acceptors (Lipinski definition) is 7. The number of rotatable bonds is 8. The second-order valence-corrected chi connectivity index (χ2v) is 36.5. The summed E-state index contributed by atoms with van der Waals surface area (Å²) in [4.78, 5) is 31.9. The van der Waals surface area contributed by atoms with Gasteiger partial charge >= 0.3 is 0 Å². The zero-order valence-electron chi connectivity index (χ0n) is 75.9. The SMILES string of the molecule is c1cc(-c2nc(-c3cccc4ccccc34)c3ccccc3n2)cc(-n2c3ccc4ccccc4c3c3c4ccccc4ccc32)c1.c1ccc(-c2nc(-n3c4ccc5ccccc5c4c4c5ccccc5c5c6ccccc6n(-c6ccccc6)c5c43)nc3ccccc23)cc1.c1ccc(-c2nc(-n3c4ccc5ccccc5c4c4c5ccccc5c5c6ccccc6oc5c43)nc3ccccc23)cc1. The Kier molecular flexibility index (Phi) is 17.9. The molecule has 31 aromatic rings. The van der Waals surface area contributed by atoms with Crippen LogP contribution in [0.5, 0.6) is 0 Å². The van der Waals surface area contributed by atoms with E-state index < -0.39 is 0 Å². The Labute approximate surface area is 805 Å². The third-order valence-electron chi connectivity index (χ3n) is 28.8. The van der Waals surface area contributed by atoms with Crippen LogP contribution >= 0.6 is 0 Å². The fraction of sp³-hybridized carbons (Fsp3) is 0. The molecule has 0 N–H and O–H groups in total. The first-order chi connectivity index (χ1) is 70.0. The maximum atomic E-state index is 6.80. The molecule has 0 aliphatic carbocycles. The van der Waals surface area contributed by atoms with Crippen LogP contribution < -0.4 is 0 Å². The van der Waals surface area contributed by atoms with Crippen molar-refractivity contribution in [3.63, 3.8) is 0 Å². The second kappa shape index (κ2) is 31.8. The smallest absolute Gasteiger partial charge is 0.235 e. The number of para-hydroxylation sites is 6. The van der Waals surface area contributed by atoms with Gasteiger partial charge in [0.1, 0.15) is 11.1 Å². The zero-order valence-corrected chi connectivity index (χ0v) is 75.9. The van der Waals surface area contributed by atoms with Crippen LogP contribution in [0.15, 0.2) is 478 Å². The summed E-state index contributed by atoms with van der Waals surface area (Å²) in [5, 5.41) is 32.1. The van der Waals surface area contributed by atoms with Crippen LogP contribution in [0.2, 0.25) is 0 Å². The van der Waals surface area contributed by atoms with Gasteiger partial charge in [0.05, 0.1) is 72.2 Å². The highest BCUT2D eigenvalue weighted by molar-refractivity contribution is 6.41. The molecule has 0 amide bonds. The number of fused-ring (bicyclic) bond motifs is 35. The Balaban J connectivity index is 0.000000101. The lowest BCUT2D eigenvalue weighted by Crippen LogP contribution is -2.05. The first kappa shape index (κ1) is 79.3. The Bertz CT molecular complexity index is 10600. The number of hydrogen-bond donors (Lipinski definition) is 0. The summed E-state index contributed by atoms with van der Waals surface area (Å²) in [6.07, 6.45) is 0. The summed E-state index contributed by atoms with van der Waals surface area (Å²) in [7, 11) is 0. The summed E-state index contributed by atoms with van der Waals surface area (Å²) >= 11 is 0. The topological polar surface area (TPSA) is 110 Å². The maximum Gasteiger partial charge on any atom is 0.235 e. The van der Waals surface area contributed by atoms with Gasteiger partial charge in [0.15, 0.2) is 11.4 Å². The number of benzene rings is 23. The highest BCUT2D eigenvalue weighted by Crippen LogP contribution is 2.52. The van der Waals surface area contributed by atoms with Crippen molar-refractivity contribution in [1.29, 1.82) is 0 Å². The van der Waals surface area contributed by atoms with Gasteiger partial charge in [0.2, 0.25) is 11.9 Å². The molecule has 0 radical (unpaired) electrons. The van der Waals surface area contributed by atoms with Gasteiger partial charge in [-0.2, -0.15) is 0 Å². The van der Waals surface area contributed by atoms with E-state index in [0.29, 0.717) is 17.7 Å². The monoisotopic (exact) mass is 1790 g/mol. The average molecular weight is 1800 g/mol. The molecule has 0 bridgehead atoms. The van der Waals surface area contributed by atoms with E-state index in [2.05, 4.69) is 473 Å². The molecule has 0 fully saturated rings. The van der Waals surface area contributed by atoms with Gasteiger partial charge in [0.25, 0.3) is 0 Å². The molecule has 8 aromatic heterocycles. The van der Waals surface area contributed by atoms with Crippen LogP contribution in [0.3, 0.4) is 0 Å². The highest BCUT2D eigenvalue weighted by Gasteiger charge is 2.31. The van der Waals surface area contributed by atoms with Crippen LogP contribution in [0.4, 0.5) is 0 Å². The fourth-order valence-electron chi connectivity index (χ4n) is 22.8. The van der Waals surface area contributed by atoms with Crippen molar-refractivity contribution >= 4 is 217 Å². The van der Waals surface area contributed by atoms with E-state index in [-0.39, 0.29) is 0 Å². The van der Waals surface area contributed by atoms with Crippen molar-refractivity contribution in [2.45, 2.75) is 0 Å². The molecule has 11 nitrogen and oxygen atoms in total. The molecule has 8 heterocycles. The van der Waals surface area contributed by atoms with E-state index in [1.54, 1.807) is 0 Å². The molecule has 0 unspecified atom stereocenters. The molecule has 0 spiro atoms. The maximum absolute atomic E-state index is 6.80. The van der Waals surface area contributed by atoms with E-state index in [1.165, 1.54) is 124 Å². The Morgan fingerprint density at radius 3 is 1.05 bits per heavy atom. The van der Waals surface area contributed by atoms with Gasteiger partial charge in [-0.15, -0.1) is 0 Å². The van der Waals surface area contributed by atoms with Crippen molar-refractivity contribution in [3.05, 3.63) is 473 Å². The average Bonchev–Trinajstić information content (AvgIpc) is 1.52. The van der Waals surface area contributed by atoms with Crippen molar-refractivity contribution in [2.75, 3.05) is 0 Å². The lowest BCUT2D eigenvalue weighted by atomic mass is 9.96. The largest absolute Gasteiger partial charge is 0.454 e. The molecule has 0 aliphatic rings. The lowest BCUT2D eigenvalue weighted by Gasteiger charge is -2.14. The Morgan fingerprint density at radius 2 is 0.525 bits per heavy atom. The molecule has 141 heavy (non-hydrogen) atoms. The summed E-state index contributed by atoms with van der Waals surface area (Å²) in [6, 6.07) is 168. The molecule has 11 heteroatoms. The van der Waals surface area contributed by atoms with Crippen LogP contribution in [0.25, 0.3) is 286 Å². The van der Waals surface area contributed by atoms with Crippen molar-refractivity contribution < 1.29 is 4.42 Å². The minimum atomic E-state index is 0.620. The number of furan rings is 1. The van der Waals surface area contributed by atoms with Crippen LogP contribution in [0, 0.1) is 0 Å². The molecule has 31 rings (SSSR count). The minimum absolute atomic E-state index is 0.620. The van der Waals surface area contributed by atoms with Gasteiger partial charge in [-0.05, 0) is 154 Å². The molecule has 0 atom stereocenters. The van der Waals surface area contributed by atoms with Crippen molar-refractivity contribution in [3.8, 4) is 68.4 Å². The van der Waals surface area contributed by atoms with Gasteiger partial charge in [-0.25, -0.2) is 29.9 Å². The summed E-state index contributed by atoms with van der Waals surface area (Å²) < 4.78 is 16.2. The molecule has 0 saturated heterocycles. The molecular weight excluding hydrogens is 1720 g/mol. The molecule has 0 saturated carbocycles. The first-order valence-corrected chi connectivity index (χ1v) is 47.9. The number of nitrogens with zero attached hydrogens (tertiary/aromatic N) is 10. The van der Waals surface area contributed by atoms with Crippen LogP contribution in [0.1, 0.15) is 0 Å². The molecule has 654 valence electrons. The first-order valence-electron chi connectivity index (χ1n) is 47.9. The number of aromatic nitrogens is 10. The van der Waals surface area contributed by atoms with Gasteiger partial charge < -0.3 is 13.6 Å². The lowest BCUT2D eigenvalue weighted by molar-refractivity contribution is 0.671. The Morgan fingerprint density at radius 1 is 0.177 bits per heavy atom. The van der Waals surface area contributed by atoms with Crippen molar-refractivity contribution in [1.82, 2.24) is 48.2 Å². The van der Waals surface area contributed by atoms with E-state index >= 15 is 0 Å². The highest BCUT2D eigenvalue weighted by atomic mass is 16.3. The third-order valence-corrected chi connectivity index (χ3v) is 28.8. The minimum Gasteiger partial charge on any atom is -0.454 e. The molecular formula is C130H78N10O. The van der Waals surface area contributed by atoms with Gasteiger partial charge in [0, 0.05) is 104 Å². The summed E-state index contributed by atoms with van der Waals surface area (Å²) in [5.74, 6) is 1.99. The van der Waals surface area contributed by atoms with E-state index in [9.17, 15) is 0 Å². The normalized spacial score (nSPS) is 12.0. The van der Waals surface area contributed by atoms with Crippen LogP contribution in [-0.4, -0.2) is 48.2 Å². The third kappa shape index (κ3) is 12.3. The van der Waals surface area contributed by atoms with E-state index in [0.717, 1.165) is 144 Å². The second-order valence-electron chi connectivity index (χ2n) is 36.5. The zero-order chi connectivity index (χ0) is 92.4. The van der Waals surface area contributed by atoms with Gasteiger partial charge in [-0.3, -0.25) is 9.13 Å². The van der Waals surface area contributed by atoms with Crippen molar-refractivity contribution in [2.24, 2.45) is 0 Å². The standard InChI is InChI=1S/C46H28N4.C44H27N3.C40H23N3O/c1-3-16-30(17-4-1)43-35-23-11-13-25-37(35)47-46(48-43)50-39-28-27-29-15-7-8-20-32(29)41(39)42-34-22-10-9-21-33(34)40-36-24-12-14-26-38(36)49(44(40)45(42)50)31-18-5-2-6-19-31;1-4-17-33-28(11-1)14-10-21-36(33)43-37-20-7-8-22-38(37)45-44(46-43)31-15-9-16-32(27-31)47-39-25-23-29-12-2-5-18-34(29)41(39)42-35-19-6-3-13-30(35)24-26-40(42)47;1-2-13-25(14-3-1)37-29-18-8-10-20-31(29)41-40(42-37)43-32-23-22-24-12-4-5-15-26(24)35(32)36-28-17-7-6-16-27(28)34-30-19-9-11-21-33(30)44-39(34)38(36)43/h1-28H;1-27H;1-23H. The predicted molar refractivity (Wildman–Crippen MR) is 588 cm³/mol. The van der Waals surface area contributed by atoms with Gasteiger partial charge in [-0.1, -0.05) is 394 Å². The fourth-order valence-corrected chi connectivity index (χ4v) is 22.8. The predicted octanol–water partition coefficient (Wildman–Crippen LogP) is 33.9. The molecule has 0 aliphatic heterocycles. The molecule has 23 aromatic carbocycles.